The molecule has 0 radical (unpaired) electrons. The van der Waals surface area contributed by atoms with Crippen LogP contribution in [-0.4, -0.2) is 28.6 Å². The van der Waals surface area contributed by atoms with Crippen molar-refractivity contribution in [2.45, 2.75) is 99.9 Å². The lowest BCUT2D eigenvalue weighted by molar-refractivity contribution is -0.215. The molecule has 0 amide bonds. The zero-order valence-corrected chi connectivity index (χ0v) is 20.4. The normalized spacial score (nSPS) is 13.9. The van der Waals surface area contributed by atoms with Gasteiger partial charge in [-0.3, -0.25) is 4.79 Å². The van der Waals surface area contributed by atoms with Crippen molar-refractivity contribution < 1.29 is 19.1 Å². The summed E-state index contributed by atoms with van der Waals surface area (Å²) in [6, 6.07) is 6.76. The van der Waals surface area contributed by atoms with Crippen LogP contribution in [0.5, 0.6) is 0 Å². The Hall–Kier alpha value is -1.68. The minimum absolute atomic E-state index is 0.00792. The fraction of sp³-hybridized carbons (Fsp3) is 0.680. The summed E-state index contributed by atoms with van der Waals surface area (Å²) in [5.41, 5.74) is -1.83. The molecule has 0 aliphatic rings. The van der Waals surface area contributed by atoms with Crippen LogP contribution in [0.4, 0.5) is 0 Å². The summed E-state index contributed by atoms with van der Waals surface area (Å²) in [5, 5.41) is 0. The Morgan fingerprint density at radius 1 is 0.724 bits per heavy atom. The number of Topliss-reactive ketones (excluding diaryl/α,β-unsaturated/α-hetero) is 1. The van der Waals surface area contributed by atoms with Crippen molar-refractivity contribution in [3.63, 3.8) is 0 Å². The molecule has 0 spiro atoms. The standard InChI is InChI=1S/C25H40O4/c1-21(2,3)19(26)17-14-13-15-18(16-17)20(27)28-24(9,10)23(7,8)25(11,12)29-22(4,5)6/h13-16H,1-12H3. The molecule has 4 nitrogen and oxygen atoms in total. The highest BCUT2D eigenvalue weighted by Crippen LogP contribution is 2.46. The van der Waals surface area contributed by atoms with Crippen molar-refractivity contribution in [3.05, 3.63) is 35.4 Å². The Labute approximate surface area is 177 Å². The van der Waals surface area contributed by atoms with Gasteiger partial charge >= 0.3 is 5.97 Å². The summed E-state index contributed by atoms with van der Waals surface area (Å²) in [4.78, 5) is 25.6. The first kappa shape index (κ1) is 25.4. The third-order valence-corrected chi connectivity index (χ3v) is 5.96. The molecule has 0 fully saturated rings. The molecular formula is C25H40O4. The van der Waals surface area contributed by atoms with Gasteiger partial charge in [-0.15, -0.1) is 0 Å². The van der Waals surface area contributed by atoms with E-state index in [2.05, 4.69) is 0 Å². The molecule has 0 N–H and O–H groups in total. The van der Waals surface area contributed by atoms with Crippen LogP contribution in [0.15, 0.2) is 24.3 Å². The molecule has 0 aliphatic carbocycles. The largest absolute Gasteiger partial charge is 0.455 e. The molecule has 4 heteroatoms. The molecule has 0 saturated carbocycles. The van der Waals surface area contributed by atoms with E-state index in [0.29, 0.717) is 11.1 Å². The lowest BCUT2D eigenvalue weighted by atomic mass is 9.66. The average Bonchev–Trinajstić information content (AvgIpc) is 2.50. The van der Waals surface area contributed by atoms with Gasteiger partial charge in [-0.25, -0.2) is 4.79 Å². The molecule has 1 aromatic carbocycles. The third-order valence-electron chi connectivity index (χ3n) is 5.96. The van der Waals surface area contributed by atoms with Gasteiger partial charge in [-0.1, -0.05) is 46.8 Å². The molecule has 1 rings (SSSR count). The molecule has 0 unspecified atom stereocenters. The fourth-order valence-electron chi connectivity index (χ4n) is 3.26. The Kier molecular flexibility index (Phi) is 6.88. The zero-order valence-electron chi connectivity index (χ0n) is 20.4. The number of hydrogen-bond donors (Lipinski definition) is 0. The van der Waals surface area contributed by atoms with E-state index in [9.17, 15) is 9.59 Å². The number of ether oxygens (including phenoxy) is 2. The number of esters is 1. The van der Waals surface area contributed by atoms with E-state index in [1.807, 2.05) is 83.1 Å². The molecule has 0 heterocycles. The molecule has 0 atom stereocenters. The summed E-state index contributed by atoms with van der Waals surface area (Å²) in [5.74, 6) is -0.454. The summed E-state index contributed by atoms with van der Waals surface area (Å²) < 4.78 is 12.3. The molecule has 29 heavy (non-hydrogen) atoms. The smallest absolute Gasteiger partial charge is 0.338 e. The van der Waals surface area contributed by atoms with Gasteiger partial charge in [-0.2, -0.15) is 0 Å². The maximum absolute atomic E-state index is 13.0. The van der Waals surface area contributed by atoms with Crippen LogP contribution < -0.4 is 0 Å². The van der Waals surface area contributed by atoms with Crippen molar-refractivity contribution in [3.8, 4) is 0 Å². The van der Waals surface area contributed by atoms with Gasteiger partial charge in [0.2, 0.25) is 0 Å². The van der Waals surface area contributed by atoms with Gasteiger partial charge in [-0.05, 0) is 60.6 Å². The second kappa shape index (κ2) is 7.86. The van der Waals surface area contributed by atoms with Crippen molar-refractivity contribution >= 4 is 11.8 Å². The summed E-state index contributed by atoms with van der Waals surface area (Å²) in [6.07, 6.45) is 0. The topological polar surface area (TPSA) is 52.6 Å². The van der Waals surface area contributed by atoms with Gasteiger partial charge in [0.15, 0.2) is 5.78 Å². The van der Waals surface area contributed by atoms with Gasteiger partial charge in [0, 0.05) is 16.4 Å². The first-order valence-electron chi connectivity index (χ1n) is 10.3. The van der Waals surface area contributed by atoms with E-state index >= 15 is 0 Å². The predicted molar refractivity (Wildman–Crippen MR) is 118 cm³/mol. The van der Waals surface area contributed by atoms with Gasteiger partial charge in [0.25, 0.3) is 0 Å². The summed E-state index contributed by atoms with van der Waals surface area (Å²) in [7, 11) is 0. The molecule has 0 saturated heterocycles. The lowest BCUT2D eigenvalue weighted by Gasteiger charge is -2.52. The molecular weight excluding hydrogens is 364 g/mol. The van der Waals surface area contributed by atoms with Crippen molar-refractivity contribution in [2.75, 3.05) is 0 Å². The number of hydrogen-bond acceptors (Lipinski definition) is 4. The van der Waals surface area contributed by atoms with E-state index < -0.39 is 28.0 Å². The Morgan fingerprint density at radius 2 is 1.21 bits per heavy atom. The Balaban J connectivity index is 3.16. The van der Waals surface area contributed by atoms with Gasteiger partial charge < -0.3 is 9.47 Å². The molecule has 0 aromatic heterocycles. The SMILES string of the molecule is CC(C)(C)OC(C)(C)C(C)(C)C(C)(C)OC(=O)c1cccc(C(=O)C(C)(C)C)c1. The Bertz CT molecular complexity index is 756. The van der Waals surface area contributed by atoms with Gasteiger partial charge in [0.1, 0.15) is 5.60 Å². The zero-order chi connectivity index (χ0) is 23.1. The van der Waals surface area contributed by atoms with E-state index in [0.717, 1.165) is 0 Å². The van der Waals surface area contributed by atoms with Crippen LogP contribution in [0.25, 0.3) is 0 Å². The second-order valence-electron chi connectivity index (χ2n) is 11.4. The fourth-order valence-corrected chi connectivity index (χ4v) is 3.26. The van der Waals surface area contributed by atoms with E-state index in [1.165, 1.54) is 0 Å². The highest BCUT2D eigenvalue weighted by Gasteiger charge is 2.52. The van der Waals surface area contributed by atoms with Crippen LogP contribution >= 0.6 is 0 Å². The minimum atomic E-state index is -0.817. The quantitative estimate of drug-likeness (QED) is 0.403. The maximum Gasteiger partial charge on any atom is 0.338 e. The first-order valence-corrected chi connectivity index (χ1v) is 10.3. The number of carbonyl (C=O) groups is 2. The van der Waals surface area contributed by atoms with E-state index in [-0.39, 0.29) is 11.4 Å². The average molecular weight is 405 g/mol. The maximum atomic E-state index is 13.0. The Morgan fingerprint density at radius 3 is 1.66 bits per heavy atom. The molecule has 1 aromatic rings. The number of rotatable bonds is 6. The number of ketones is 1. The van der Waals surface area contributed by atoms with Crippen molar-refractivity contribution in [2.24, 2.45) is 10.8 Å². The van der Waals surface area contributed by atoms with Crippen LogP contribution in [-0.2, 0) is 9.47 Å². The number of carbonyl (C=O) groups excluding carboxylic acids is 2. The van der Waals surface area contributed by atoms with Crippen LogP contribution in [0, 0.1) is 10.8 Å². The third kappa shape index (κ3) is 5.91. The van der Waals surface area contributed by atoms with E-state index in [4.69, 9.17) is 9.47 Å². The summed E-state index contributed by atoms with van der Waals surface area (Å²) in [6.45, 7) is 23.6. The van der Waals surface area contributed by atoms with Crippen molar-refractivity contribution in [1.82, 2.24) is 0 Å². The van der Waals surface area contributed by atoms with E-state index in [1.54, 1.807) is 24.3 Å². The van der Waals surface area contributed by atoms with Gasteiger partial charge in [0.05, 0.1) is 16.8 Å². The number of benzene rings is 1. The van der Waals surface area contributed by atoms with Crippen LogP contribution in [0.1, 0.15) is 104 Å². The summed E-state index contributed by atoms with van der Waals surface area (Å²) >= 11 is 0. The molecule has 0 bridgehead atoms. The highest BCUT2D eigenvalue weighted by molar-refractivity contribution is 6.02. The molecule has 164 valence electrons. The minimum Gasteiger partial charge on any atom is -0.455 e. The van der Waals surface area contributed by atoms with Crippen LogP contribution in [0.3, 0.4) is 0 Å². The van der Waals surface area contributed by atoms with Crippen molar-refractivity contribution in [1.29, 1.82) is 0 Å². The predicted octanol–water partition coefficient (Wildman–Crippen LogP) is 6.47. The lowest BCUT2D eigenvalue weighted by Crippen LogP contribution is -2.58. The monoisotopic (exact) mass is 404 g/mol. The second-order valence-corrected chi connectivity index (χ2v) is 11.4. The first-order chi connectivity index (χ1) is 12.7. The highest BCUT2D eigenvalue weighted by atomic mass is 16.6. The molecule has 0 aliphatic heterocycles. The van der Waals surface area contributed by atoms with Crippen LogP contribution in [0.2, 0.25) is 0 Å².